The third kappa shape index (κ3) is 7.52. The number of hydrogen-bond donors (Lipinski definition) is 1. The van der Waals surface area contributed by atoms with Gasteiger partial charge in [-0.15, -0.1) is 0 Å². The van der Waals surface area contributed by atoms with Gasteiger partial charge in [0, 0.05) is 41.0 Å². The molecule has 2 heterocycles. The maximum absolute atomic E-state index is 11.4. The Hall–Kier alpha value is -2.46. The van der Waals surface area contributed by atoms with E-state index in [0.29, 0.717) is 19.0 Å². The topological polar surface area (TPSA) is 54.3 Å². The Labute approximate surface area is 220 Å². The standard InChI is InChI=1S/C29H36ClN3O2S/c1-3-33-28(5-4-16-31-27-11-9-26(30)10-12-27)22-25-21-24(8-13-29(25)33)7-6-23-14-17-32(18-15-23)19-20-36(2,34)35/h8-13,21-23,31H,3,6-7,14-20H2,1-2H3. The first-order chi connectivity index (χ1) is 17.3. The molecule has 192 valence electrons. The van der Waals surface area contributed by atoms with Gasteiger partial charge in [-0.2, -0.15) is 0 Å². The van der Waals surface area contributed by atoms with Crippen LogP contribution in [0.2, 0.25) is 5.02 Å². The van der Waals surface area contributed by atoms with E-state index in [1.165, 1.54) is 29.1 Å². The van der Waals surface area contributed by atoms with Crippen LogP contribution < -0.4 is 5.32 Å². The molecular formula is C29H36ClN3O2S. The second-order valence-electron chi connectivity index (χ2n) is 9.78. The number of benzene rings is 2. The number of nitrogens with zero attached hydrogens (tertiary/aromatic N) is 2. The van der Waals surface area contributed by atoms with E-state index < -0.39 is 9.84 Å². The van der Waals surface area contributed by atoms with Crippen molar-refractivity contribution in [3.05, 3.63) is 64.8 Å². The summed E-state index contributed by atoms with van der Waals surface area (Å²) in [5.74, 6) is 7.57. The lowest BCUT2D eigenvalue weighted by molar-refractivity contribution is 0.187. The number of sulfone groups is 1. The maximum atomic E-state index is 11.4. The van der Waals surface area contributed by atoms with Crippen LogP contribution in [0.15, 0.2) is 48.5 Å². The van der Waals surface area contributed by atoms with Gasteiger partial charge < -0.3 is 14.8 Å². The quantitative estimate of drug-likeness (QED) is 0.376. The van der Waals surface area contributed by atoms with Gasteiger partial charge in [-0.3, -0.25) is 0 Å². The Kier molecular flexibility index (Phi) is 9.00. The molecule has 0 aliphatic carbocycles. The molecule has 1 fully saturated rings. The summed E-state index contributed by atoms with van der Waals surface area (Å²) in [6, 6.07) is 16.7. The van der Waals surface area contributed by atoms with Gasteiger partial charge in [0.05, 0.1) is 18.0 Å². The normalized spacial score (nSPS) is 15.1. The summed E-state index contributed by atoms with van der Waals surface area (Å²) in [7, 11) is -2.88. The Morgan fingerprint density at radius 1 is 1.08 bits per heavy atom. The van der Waals surface area contributed by atoms with Crippen LogP contribution in [-0.4, -0.2) is 56.1 Å². The fourth-order valence-electron chi connectivity index (χ4n) is 4.93. The third-order valence-electron chi connectivity index (χ3n) is 7.05. The highest BCUT2D eigenvalue weighted by Gasteiger charge is 2.20. The highest BCUT2D eigenvalue weighted by Crippen LogP contribution is 2.25. The Bertz CT molecular complexity index is 1330. The van der Waals surface area contributed by atoms with Crippen molar-refractivity contribution in [1.82, 2.24) is 9.47 Å². The molecule has 0 atom stereocenters. The number of fused-ring (bicyclic) bond motifs is 1. The molecule has 0 bridgehead atoms. The number of aromatic nitrogens is 1. The summed E-state index contributed by atoms with van der Waals surface area (Å²) in [6.07, 6.45) is 5.89. The molecule has 4 rings (SSSR count). The zero-order valence-electron chi connectivity index (χ0n) is 21.3. The van der Waals surface area contributed by atoms with Crippen LogP contribution in [0.4, 0.5) is 5.69 Å². The molecular weight excluding hydrogens is 490 g/mol. The van der Waals surface area contributed by atoms with Crippen molar-refractivity contribution in [3.63, 3.8) is 0 Å². The number of hydrogen-bond acceptors (Lipinski definition) is 4. The van der Waals surface area contributed by atoms with Crippen LogP contribution in [-0.2, 0) is 22.8 Å². The van der Waals surface area contributed by atoms with E-state index in [0.717, 1.165) is 55.3 Å². The van der Waals surface area contributed by atoms with E-state index in [2.05, 4.69) is 57.8 Å². The van der Waals surface area contributed by atoms with Crippen molar-refractivity contribution in [2.24, 2.45) is 5.92 Å². The third-order valence-corrected chi connectivity index (χ3v) is 8.23. The lowest BCUT2D eigenvalue weighted by Gasteiger charge is -2.31. The molecule has 5 nitrogen and oxygen atoms in total. The van der Waals surface area contributed by atoms with E-state index in [1.54, 1.807) is 0 Å². The Balaban J connectivity index is 1.32. The van der Waals surface area contributed by atoms with Crippen LogP contribution in [0.25, 0.3) is 10.9 Å². The fourth-order valence-corrected chi connectivity index (χ4v) is 5.65. The lowest BCUT2D eigenvalue weighted by atomic mass is 9.90. The Morgan fingerprint density at radius 2 is 1.83 bits per heavy atom. The SMILES string of the molecule is CCn1c(C#CCNc2ccc(Cl)cc2)cc2cc(CCC3CCN(CCS(C)(=O)=O)CC3)ccc21. The number of aryl methyl sites for hydroxylation is 2. The molecule has 1 N–H and O–H groups in total. The van der Waals surface area contributed by atoms with Crippen LogP contribution in [0.3, 0.4) is 0 Å². The predicted octanol–water partition coefficient (Wildman–Crippen LogP) is 5.47. The summed E-state index contributed by atoms with van der Waals surface area (Å²) >= 11 is 5.95. The lowest BCUT2D eigenvalue weighted by Crippen LogP contribution is -2.36. The van der Waals surface area contributed by atoms with Crippen LogP contribution in [0, 0.1) is 17.8 Å². The van der Waals surface area contributed by atoms with Gasteiger partial charge in [0.1, 0.15) is 9.84 Å². The summed E-state index contributed by atoms with van der Waals surface area (Å²) in [5, 5.41) is 5.29. The van der Waals surface area contributed by atoms with E-state index in [1.807, 2.05) is 24.3 Å². The van der Waals surface area contributed by atoms with Gasteiger partial charge in [0.2, 0.25) is 0 Å². The minimum atomic E-state index is -2.88. The molecule has 1 aliphatic heterocycles. The van der Waals surface area contributed by atoms with Gasteiger partial charge in [-0.1, -0.05) is 23.6 Å². The van der Waals surface area contributed by atoms with Crippen molar-refractivity contribution in [1.29, 1.82) is 0 Å². The Morgan fingerprint density at radius 3 is 2.53 bits per heavy atom. The summed E-state index contributed by atoms with van der Waals surface area (Å²) in [6.45, 7) is 6.30. The minimum absolute atomic E-state index is 0.264. The molecule has 0 unspecified atom stereocenters. The second kappa shape index (κ2) is 12.2. The molecule has 0 radical (unpaired) electrons. The zero-order valence-corrected chi connectivity index (χ0v) is 22.8. The number of anilines is 1. The molecule has 0 spiro atoms. The molecule has 0 amide bonds. The number of rotatable bonds is 9. The maximum Gasteiger partial charge on any atom is 0.148 e. The van der Waals surface area contributed by atoms with Crippen molar-refractivity contribution in [2.45, 2.75) is 39.2 Å². The van der Waals surface area contributed by atoms with Crippen molar-refractivity contribution in [3.8, 4) is 11.8 Å². The monoisotopic (exact) mass is 525 g/mol. The summed E-state index contributed by atoms with van der Waals surface area (Å²) in [5.41, 5.74) is 4.66. The first-order valence-corrected chi connectivity index (χ1v) is 15.2. The van der Waals surface area contributed by atoms with E-state index >= 15 is 0 Å². The van der Waals surface area contributed by atoms with Crippen LogP contribution >= 0.6 is 11.6 Å². The van der Waals surface area contributed by atoms with Crippen LogP contribution in [0.1, 0.15) is 37.4 Å². The fraction of sp³-hybridized carbons (Fsp3) is 0.448. The number of likely N-dealkylation sites (tertiary alicyclic amines) is 1. The minimum Gasteiger partial charge on any atom is -0.374 e. The second-order valence-corrected chi connectivity index (χ2v) is 12.5. The zero-order chi connectivity index (χ0) is 25.5. The average molecular weight is 526 g/mol. The highest BCUT2D eigenvalue weighted by atomic mass is 35.5. The van der Waals surface area contributed by atoms with Crippen molar-refractivity contribution in [2.75, 3.05) is 43.5 Å². The van der Waals surface area contributed by atoms with Crippen molar-refractivity contribution < 1.29 is 8.42 Å². The van der Waals surface area contributed by atoms with E-state index in [4.69, 9.17) is 11.6 Å². The molecule has 7 heteroatoms. The highest BCUT2D eigenvalue weighted by molar-refractivity contribution is 7.90. The molecule has 1 saturated heterocycles. The van der Waals surface area contributed by atoms with Gasteiger partial charge in [-0.05, 0) is 106 Å². The number of piperidine rings is 1. The first kappa shape index (κ1) is 26.6. The molecule has 3 aromatic rings. The smallest absolute Gasteiger partial charge is 0.148 e. The molecule has 36 heavy (non-hydrogen) atoms. The molecule has 0 saturated carbocycles. The average Bonchev–Trinajstić information content (AvgIpc) is 3.22. The van der Waals surface area contributed by atoms with Gasteiger partial charge in [0.25, 0.3) is 0 Å². The number of nitrogens with one attached hydrogen (secondary N) is 1. The molecule has 2 aromatic carbocycles. The van der Waals surface area contributed by atoms with Gasteiger partial charge in [0.15, 0.2) is 0 Å². The first-order valence-electron chi connectivity index (χ1n) is 12.8. The summed E-state index contributed by atoms with van der Waals surface area (Å²) in [4.78, 5) is 2.30. The molecule has 1 aliphatic rings. The van der Waals surface area contributed by atoms with Gasteiger partial charge >= 0.3 is 0 Å². The van der Waals surface area contributed by atoms with E-state index in [9.17, 15) is 8.42 Å². The summed E-state index contributed by atoms with van der Waals surface area (Å²) < 4.78 is 25.1. The van der Waals surface area contributed by atoms with Gasteiger partial charge in [-0.25, -0.2) is 8.42 Å². The van der Waals surface area contributed by atoms with E-state index in [-0.39, 0.29) is 5.75 Å². The largest absolute Gasteiger partial charge is 0.374 e. The molecule has 1 aromatic heterocycles. The van der Waals surface area contributed by atoms with Crippen LogP contribution in [0.5, 0.6) is 0 Å². The van der Waals surface area contributed by atoms with Crippen molar-refractivity contribution >= 4 is 38.0 Å². The number of halogens is 1. The predicted molar refractivity (Wildman–Crippen MR) is 152 cm³/mol.